The van der Waals surface area contributed by atoms with E-state index in [9.17, 15) is 14.7 Å². The van der Waals surface area contributed by atoms with Gasteiger partial charge in [-0.3, -0.25) is 4.79 Å². The summed E-state index contributed by atoms with van der Waals surface area (Å²) in [5.41, 5.74) is 0.915. The Morgan fingerprint density at radius 3 is 2.44 bits per heavy atom. The first kappa shape index (κ1) is 20.9. The molecule has 0 spiro atoms. The summed E-state index contributed by atoms with van der Waals surface area (Å²) in [7, 11) is 0. The van der Waals surface area contributed by atoms with Gasteiger partial charge in [0.05, 0.1) is 18.6 Å². The van der Waals surface area contributed by atoms with Gasteiger partial charge in [0, 0.05) is 6.42 Å². The molecule has 1 aromatic rings. The van der Waals surface area contributed by atoms with Crippen LogP contribution in [0, 0.1) is 11.8 Å². The van der Waals surface area contributed by atoms with Crippen LogP contribution in [-0.4, -0.2) is 35.7 Å². The lowest BCUT2D eigenvalue weighted by Gasteiger charge is -2.24. The van der Waals surface area contributed by atoms with Crippen LogP contribution < -0.4 is 5.32 Å². The van der Waals surface area contributed by atoms with Crippen molar-refractivity contribution in [3.8, 4) is 0 Å². The number of carbonyl (C=O) groups is 2. The van der Waals surface area contributed by atoms with Crippen molar-refractivity contribution in [2.45, 2.75) is 45.8 Å². The second kappa shape index (κ2) is 10.7. The van der Waals surface area contributed by atoms with Crippen molar-refractivity contribution in [2.24, 2.45) is 11.8 Å². The monoisotopic (exact) mass is 347 g/mol. The summed E-state index contributed by atoms with van der Waals surface area (Å²) >= 11 is 0. The fraction of sp³-hybridized carbons (Fsp3) is 0.500. The SMILES string of the molecule is C=CC(C(=O)N[C@@H](Cc1ccccc1)C(=O)OCC)C(O)CC(C)C. The predicted octanol–water partition coefficient (Wildman–Crippen LogP) is 2.49. The van der Waals surface area contributed by atoms with E-state index in [1.54, 1.807) is 6.92 Å². The second-order valence-corrected chi connectivity index (χ2v) is 6.46. The Morgan fingerprint density at radius 1 is 1.28 bits per heavy atom. The third-order valence-corrected chi connectivity index (χ3v) is 3.85. The topological polar surface area (TPSA) is 75.6 Å². The zero-order valence-electron chi connectivity index (χ0n) is 15.3. The zero-order valence-corrected chi connectivity index (χ0v) is 15.3. The number of carbonyl (C=O) groups excluding carboxylic acids is 2. The molecule has 1 rings (SSSR count). The van der Waals surface area contributed by atoms with Crippen molar-refractivity contribution in [3.63, 3.8) is 0 Å². The first-order chi connectivity index (χ1) is 11.9. The highest BCUT2D eigenvalue weighted by molar-refractivity contribution is 5.87. The molecule has 3 atom stereocenters. The van der Waals surface area contributed by atoms with Gasteiger partial charge in [0.1, 0.15) is 6.04 Å². The van der Waals surface area contributed by atoms with Gasteiger partial charge in [0.2, 0.25) is 5.91 Å². The Labute approximate surface area is 150 Å². The first-order valence-corrected chi connectivity index (χ1v) is 8.70. The van der Waals surface area contributed by atoms with Crippen molar-refractivity contribution in [1.29, 1.82) is 0 Å². The van der Waals surface area contributed by atoms with Gasteiger partial charge >= 0.3 is 5.97 Å². The Balaban J connectivity index is 2.85. The molecule has 5 heteroatoms. The van der Waals surface area contributed by atoms with Crippen LogP contribution in [0.25, 0.3) is 0 Å². The highest BCUT2D eigenvalue weighted by Crippen LogP contribution is 2.15. The molecule has 0 bridgehead atoms. The van der Waals surface area contributed by atoms with Crippen LogP contribution in [0.3, 0.4) is 0 Å². The van der Waals surface area contributed by atoms with Gasteiger partial charge < -0.3 is 15.2 Å². The summed E-state index contributed by atoms with van der Waals surface area (Å²) in [6.45, 7) is 9.54. The molecule has 0 fully saturated rings. The number of hydrogen-bond donors (Lipinski definition) is 2. The van der Waals surface area contributed by atoms with Crippen molar-refractivity contribution in [2.75, 3.05) is 6.61 Å². The normalized spacial score (nSPS) is 14.4. The maximum absolute atomic E-state index is 12.6. The lowest BCUT2D eigenvalue weighted by molar-refractivity contribution is -0.148. The first-order valence-electron chi connectivity index (χ1n) is 8.70. The molecular weight excluding hydrogens is 318 g/mol. The minimum absolute atomic E-state index is 0.237. The molecule has 5 nitrogen and oxygen atoms in total. The maximum atomic E-state index is 12.6. The molecule has 2 unspecified atom stereocenters. The van der Waals surface area contributed by atoms with Gasteiger partial charge in [-0.05, 0) is 24.8 Å². The highest BCUT2D eigenvalue weighted by atomic mass is 16.5. The molecule has 0 saturated heterocycles. The van der Waals surface area contributed by atoms with E-state index >= 15 is 0 Å². The van der Waals surface area contributed by atoms with Crippen LogP contribution >= 0.6 is 0 Å². The van der Waals surface area contributed by atoms with Crippen molar-refractivity contribution in [3.05, 3.63) is 48.6 Å². The molecule has 1 aromatic carbocycles. The number of ether oxygens (including phenoxy) is 1. The number of esters is 1. The summed E-state index contributed by atoms with van der Waals surface area (Å²) < 4.78 is 5.07. The Bertz CT molecular complexity index is 556. The molecule has 0 heterocycles. The van der Waals surface area contributed by atoms with Gasteiger partial charge in [-0.1, -0.05) is 50.3 Å². The van der Waals surface area contributed by atoms with Crippen LogP contribution in [0.5, 0.6) is 0 Å². The van der Waals surface area contributed by atoms with Gasteiger partial charge in [0.25, 0.3) is 0 Å². The molecule has 138 valence electrons. The molecular formula is C20H29NO4. The van der Waals surface area contributed by atoms with Crippen LogP contribution in [0.1, 0.15) is 32.8 Å². The summed E-state index contributed by atoms with van der Waals surface area (Å²) in [5.74, 6) is -1.43. The lowest BCUT2D eigenvalue weighted by atomic mass is 9.93. The number of rotatable bonds is 10. The standard InChI is InChI=1S/C20H29NO4/c1-5-16(18(22)12-14(3)4)19(23)21-17(20(24)25-6-2)13-15-10-8-7-9-11-15/h5,7-11,14,16-18,22H,1,6,12-13H2,2-4H3,(H,21,23)/t16?,17-,18?/m0/s1. The Kier molecular flexibility index (Phi) is 8.92. The summed E-state index contributed by atoms with van der Waals surface area (Å²) in [5, 5.41) is 13.0. The lowest BCUT2D eigenvalue weighted by Crippen LogP contribution is -2.47. The van der Waals surface area contributed by atoms with Crippen LogP contribution in [0.15, 0.2) is 43.0 Å². The molecule has 1 amide bonds. The molecule has 25 heavy (non-hydrogen) atoms. The summed E-state index contributed by atoms with van der Waals surface area (Å²) in [4.78, 5) is 24.8. The Hall–Kier alpha value is -2.14. The molecule has 0 aromatic heterocycles. The van der Waals surface area contributed by atoms with E-state index in [0.29, 0.717) is 12.8 Å². The van der Waals surface area contributed by atoms with Gasteiger partial charge in [-0.15, -0.1) is 6.58 Å². The fourth-order valence-corrected chi connectivity index (χ4v) is 2.62. The van der Waals surface area contributed by atoms with Crippen molar-refractivity contribution < 1.29 is 19.4 Å². The third kappa shape index (κ3) is 7.10. The molecule has 2 N–H and O–H groups in total. The van der Waals surface area contributed by atoms with Gasteiger partial charge in [-0.2, -0.15) is 0 Å². The van der Waals surface area contributed by atoms with Crippen molar-refractivity contribution in [1.82, 2.24) is 5.32 Å². The quantitative estimate of drug-likeness (QED) is 0.504. The van der Waals surface area contributed by atoms with E-state index in [1.807, 2.05) is 44.2 Å². The number of nitrogens with one attached hydrogen (secondary N) is 1. The largest absolute Gasteiger partial charge is 0.464 e. The van der Waals surface area contributed by atoms with Crippen LogP contribution in [0.4, 0.5) is 0 Å². The van der Waals surface area contributed by atoms with E-state index in [4.69, 9.17) is 4.74 Å². The summed E-state index contributed by atoms with van der Waals surface area (Å²) in [6.07, 6.45) is 1.40. The maximum Gasteiger partial charge on any atom is 0.328 e. The number of hydrogen-bond acceptors (Lipinski definition) is 4. The number of benzene rings is 1. The van der Waals surface area contributed by atoms with Gasteiger partial charge in [0.15, 0.2) is 0 Å². The fourth-order valence-electron chi connectivity index (χ4n) is 2.62. The predicted molar refractivity (Wildman–Crippen MR) is 97.9 cm³/mol. The minimum atomic E-state index is -0.836. The van der Waals surface area contributed by atoms with Crippen LogP contribution in [0.2, 0.25) is 0 Å². The highest BCUT2D eigenvalue weighted by Gasteiger charge is 2.29. The Morgan fingerprint density at radius 2 is 1.92 bits per heavy atom. The van der Waals surface area contributed by atoms with Crippen LogP contribution in [-0.2, 0) is 20.7 Å². The van der Waals surface area contributed by atoms with Crippen molar-refractivity contribution >= 4 is 11.9 Å². The average molecular weight is 347 g/mol. The smallest absolute Gasteiger partial charge is 0.328 e. The molecule has 0 aliphatic rings. The van der Waals surface area contributed by atoms with E-state index in [0.717, 1.165) is 5.56 Å². The third-order valence-electron chi connectivity index (χ3n) is 3.85. The van der Waals surface area contributed by atoms with Gasteiger partial charge in [-0.25, -0.2) is 4.79 Å². The minimum Gasteiger partial charge on any atom is -0.464 e. The van der Waals surface area contributed by atoms with E-state index in [2.05, 4.69) is 11.9 Å². The summed E-state index contributed by atoms with van der Waals surface area (Å²) in [6, 6.07) is 8.60. The number of amides is 1. The average Bonchev–Trinajstić information content (AvgIpc) is 2.55. The second-order valence-electron chi connectivity index (χ2n) is 6.46. The zero-order chi connectivity index (χ0) is 18.8. The molecule has 0 radical (unpaired) electrons. The molecule has 0 aliphatic carbocycles. The van der Waals surface area contributed by atoms with E-state index in [1.165, 1.54) is 6.08 Å². The van der Waals surface area contributed by atoms with E-state index in [-0.39, 0.29) is 12.5 Å². The number of aliphatic hydroxyl groups is 1. The van der Waals surface area contributed by atoms with E-state index < -0.39 is 29.9 Å². The number of aliphatic hydroxyl groups excluding tert-OH is 1. The molecule has 0 aliphatic heterocycles. The molecule has 0 saturated carbocycles.